The maximum Gasteiger partial charge on any atom is 0.226 e. The molecule has 0 radical (unpaired) electrons. The van der Waals surface area contributed by atoms with Gasteiger partial charge in [-0.15, -0.1) is 11.8 Å². The molecule has 0 spiro atoms. The number of nitrogens with zero attached hydrogens (tertiary/aromatic N) is 1. The van der Waals surface area contributed by atoms with E-state index in [2.05, 4.69) is 49.9 Å². The van der Waals surface area contributed by atoms with E-state index in [1.165, 1.54) is 17.5 Å². The molecule has 1 saturated heterocycles. The second-order valence-corrected chi connectivity index (χ2v) is 8.44. The van der Waals surface area contributed by atoms with Crippen molar-refractivity contribution in [3.8, 4) is 0 Å². The molecule has 21 heavy (non-hydrogen) atoms. The molecule has 1 aliphatic heterocycles. The van der Waals surface area contributed by atoms with Crippen LogP contribution in [0.1, 0.15) is 56.5 Å². The van der Waals surface area contributed by atoms with Crippen LogP contribution in [0, 0.1) is 5.92 Å². The number of carbonyl (C=O) groups is 1. The van der Waals surface area contributed by atoms with Crippen LogP contribution < -0.4 is 0 Å². The Labute approximate surface area is 132 Å². The summed E-state index contributed by atoms with van der Waals surface area (Å²) in [5.41, 5.74) is 2.81. The van der Waals surface area contributed by atoms with E-state index in [-0.39, 0.29) is 10.8 Å². The third-order valence-electron chi connectivity index (χ3n) is 4.69. The van der Waals surface area contributed by atoms with Crippen LogP contribution in [0.4, 0.5) is 0 Å². The first-order valence-electron chi connectivity index (χ1n) is 7.99. The summed E-state index contributed by atoms with van der Waals surface area (Å²) < 4.78 is 0. The Morgan fingerprint density at radius 3 is 2.38 bits per heavy atom. The first-order valence-corrected chi connectivity index (χ1v) is 9.04. The molecular weight excluding hydrogens is 278 g/mol. The molecule has 114 valence electrons. The number of amides is 1. The van der Waals surface area contributed by atoms with Gasteiger partial charge in [-0.25, -0.2) is 0 Å². The summed E-state index contributed by atoms with van der Waals surface area (Å²) in [6.45, 7) is 7.61. The first-order chi connectivity index (χ1) is 9.97. The number of thioether (sulfide) groups is 1. The average Bonchev–Trinajstić information content (AvgIpc) is 2.84. The van der Waals surface area contributed by atoms with E-state index in [1.807, 2.05) is 11.8 Å². The molecule has 1 aliphatic carbocycles. The lowest BCUT2D eigenvalue weighted by atomic mass is 9.84. The fraction of sp³-hybridized carbons (Fsp3) is 0.611. The molecule has 1 aromatic rings. The predicted octanol–water partition coefficient (Wildman–Crippen LogP) is 4.36. The molecule has 0 N–H and O–H groups in total. The van der Waals surface area contributed by atoms with Gasteiger partial charge >= 0.3 is 0 Å². The highest BCUT2D eigenvalue weighted by Gasteiger charge is 2.36. The van der Waals surface area contributed by atoms with E-state index >= 15 is 0 Å². The Morgan fingerprint density at radius 2 is 1.86 bits per heavy atom. The molecule has 3 rings (SSSR count). The minimum Gasteiger partial charge on any atom is -0.325 e. The van der Waals surface area contributed by atoms with Crippen molar-refractivity contribution in [2.45, 2.75) is 50.8 Å². The number of hydrogen-bond donors (Lipinski definition) is 0. The number of carbonyl (C=O) groups excluding carboxylic acids is 1. The highest BCUT2D eigenvalue weighted by molar-refractivity contribution is 7.99. The average molecular weight is 303 g/mol. The largest absolute Gasteiger partial charge is 0.325 e. The Hall–Kier alpha value is -0.960. The Morgan fingerprint density at radius 1 is 1.19 bits per heavy atom. The van der Waals surface area contributed by atoms with Crippen molar-refractivity contribution in [3.63, 3.8) is 0 Å². The monoisotopic (exact) mass is 303 g/mol. The third-order valence-corrected chi connectivity index (χ3v) is 5.95. The van der Waals surface area contributed by atoms with Gasteiger partial charge in [-0.2, -0.15) is 0 Å². The summed E-state index contributed by atoms with van der Waals surface area (Å²) >= 11 is 1.90. The molecule has 3 heteroatoms. The molecule has 1 aromatic carbocycles. The van der Waals surface area contributed by atoms with E-state index in [0.29, 0.717) is 11.8 Å². The standard InChI is InChI=1S/C18H25NOS/c1-18(2,3)15-9-7-14(8-10-15)17-19(11-12-21-17)16(20)13-5-4-6-13/h7-10,13,17H,4-6,11-12H2,1-3H3. The van der Waals surface area contributed by atoms with Crippen molar-refractivity contribution in [1.29, 1.82) is 0 Å². The molecule has 1 unspecified atom stereocenters. The second-order valence-electron chi connectivity index (χ2n) is 7.25. The van der Waals surface area contributed by atoms with Crippen LogP contribution in [0.15, 0.2) is 24.3 Å². The lowest BCUT2D eigenvalue weighted by Gasteiger charge is -2.32. The summed E-state index contributed by atoms with van der Waals surface area (Å²) in [6.07, 6.45) is 3.41. The topological polar surface area (TPSA) is 20.3 Å². The number of hydrogen-bond acceptors (Lipinski definition) is 2. The molecule has 0 bridgehead atoms. The van der Waals surface area contributed by atoms with E-state index in [1.54, 1.807) is 0 Å². The van der Waals surface area contributed by atoms with E-state index in [9.17, 15) is 4.79 Å². The van der Waals surface area contributed by atoms with Gasteiger partial charge in [0.2, 0.25) is 5.91 Å². The van der Waals surface area contributed by atoms with Gasteiger partial charge in [0.25, 0.3) is 0 Å². The minimum atomic E-state index is 0.183. The van der Waals surface area contributed by atoms with Gasteiger partial charge in [-0.3, -0.25) is 4.79 Å². The molecule has 1 atom stereocenters. The summed E-state index contributed by atoms with van der Waals surface area (Å²) in [5, 5.41) is 0.229. The third kappa shape index (κ3) is 2.98. The van der Waals surface area contributed by atoms with Gasteiger partial charge in [0.15, 0.2) is 0 Å². The number of rotatable bonds is 2. The molecule has 1 saturated carbocycles. The lowest BCUT2D eigenvalue weighted by Crippen LogP contribution is -2.38. The second kappa shape index (κ2) is 5.68. The van der Waals surface area contributed by atoms with Crippen molar-refractivity contribution < 1.29 is 4.79 Å². The zero-order valence-corrected chi connectivity index (χ0v) is 14.1. The van der Waals surface area contributed by atoms with Crippen LogP contribution in [0.25, 0.3) is 0 Å². The quantitative estimate of drug-likeness (QED) is 0.809. The number of benzene rings is 1. The normalized spacial score (nSPS) is 23.2. The summed E-state index contributed by atoms with van der Waals surface area (Å²) in [5.74, 6) is 1.75. The van der Waals surface area contributed by atoms with E-state index in [0.717, 1.165) is 25.1 Å². The van der Waals surface area contributed by atoms with Gasteiger partial charge in [0, 0.05) is 18.2 Å². The molecular formula is C18H25NOS. The summed E-state index contributed by atoms with van der Waals surface area (Å²) in [7, 11) is 0. The highest BCUT2D eigenvalue weighted by atomic mass is 32.2. The molecule has 1 amide bonds. The highest BCUT2D eigenvalue weighted by Crippen LogP contribution is 2.41. The smallest absolute Gasteiger partial charge is 0.226 e. The van der Waals surface area contributed by atoms with Crippen molar-refractivity contribution in [2.75, 3.05) is 12.3 Å². The molecule has 2 nitrogen and oxygen atoms in total. The summed E-state index contributed by atoms with van der Waals surface area (Å²) in [6, 6.07) is 8.87. The van der Waals surface area contributed by atoms with Crippen LogP contribution in [0.5, 0.6) is 0 Å². The lowest BCUT2D eigenvalue weighted by molar-refractivity contribution is -0.138. The van der Waals surface area contributed by atoms with Crippen LogP contribution in [-0.4, -0.2) is 23.1 Å². The molecule has 0 aromatic heterocycles. The Balaban J connectivity index is 1.77. The van der Waals surface area contributed by atoms with Crippen molar-refractivity contribution >= 4 is 17.7 Å². The zero-order valence-electron chi connectivity index (χ0n) is 13.3. The van der Waals surface area contributed by atoms with Gasteiger partial charge in [0.1, 0.15) is 5.37 Å². The Kier molecular flexibility index (Phi) is 4.04. The SMILES string of the molecule is CC(C)(C)c1ccc(C2SCCN2C(=O)C2CCC2)cc1. The molecule has 2 fully saturated rings. The van der Waals surface area contributed by atoms with E-state index in [4.69, 9.17) is 0 Å². The van der Waals surface area contributed by atoms with Crippen LogP contribution >= 0.6 is 11.8 Å². The first kappa shape index (κ1) is 15.0. The maximum atomic E-state index is 12.6. The maximum absolute atomic E-state index is 12.6. The van der Waals surface area contributed by atoms with Crippen LogP contribution in [-0.2, 0) is 10.2 Å². The van der Waals surface area contributed by atoms with Gasteiger partial charge in [-0.05, 0) is 29.4 Å². The molecule has 1 heterocycles. The van der Waals surface area contributed by atoms with Crippen molar-refractivity contribution in [1.82, 2.24) is 4.90 Å². The molecule has 2 aliphatic rings. The van der Waals surface area contributed by atoms with Gasteiger partial charge in [-0.1, -0.05) is 51.5 Å². The van der Waals surface area contributed by atoms with Crippen molar-refractivity contribution in [2.24, 2.45) is 5.92 Å². The van der Waals surface area contributed by atoms with Crippen LogP contribution in [0.2, 0.25) is 0 Å². The Bertz CT molecular complexity index is 513. The van der Waals surface area contributed by atoms with E-state index < -0.39 is 0 Å². The minimum absolute atomic E-state index is 0.183. The van der Waals surface area contributed by atoms with Gasteiger partial charge < -0.3 is 4.90 Å². The summed E-state index contributed by atoms with van der Waals surface area (Å²) in [4.78, 5) is 14.7. The van der Waals surface area contributed by atoms with Crippen LogP contribution in [0.3, 0.4) is 0 Å². The van der Waals surface area contributed by atoms with Gasteiger partial charge in [0.05, 0.1) is 0 Å². The fourth-order valence-corrected chi connectivity index (χ4v) is 4.27. The fourth-order valence-electron chi connectivity index (χ4n) is 3.01. The zero-order chi connectivity index (χ0) is 15.0. The van der Waals surface area contributed by atoms with Crippen molar-refractivity contribution in [3.05, 3.63) is 35.4 Å². The predicted molar refractivity (Wildman–Crippen MR) is 89.4 cm³/mol.